The summed E-state index contributed by atoms with van der Waals surface area (Å²) < 4.78 is 0. The third kappa shape index (κ3) is 6.62. The van der Waals surface area contributed by atoms with Gasteiger partial charge in [-0.1, -0.05) is 30.9 Å². The summed E-state index contributed by atoms with van der Waals surface area (Å²) in [4.78, 5) is 2.26. The Hall–Kier alpha value is -0.0831. The molecule has 0 heterocycles. The maximum atomic E-state index is 2.43. The summed E-state index contributed by atoms with van der Waals surface area (Å²) in [6.45, 7) is 8.22. The van der Waals surface area contributed by atoms with Crippen molar-refractivity contribution < 1.29 is 0 Å². The van der Waals surface area contributed by atoms with Crippen LogP contribution in [0.3, 0.4) is 0 Å². The Balaban J connectivity index is 3.61. The van der Waals surface area contributed by atoms with E-state index in [-0.39, 0.29) is 0 Å². The topological polar surface area (TPSA) is 3.24 Å². The number of hydrogen-bond donors (Lipinski definition) is 0. The Morgan fingerprint density at radius 1 is 1.25 bits per heavy atom. The Labute approximate surface area is 78.5 Å². The standard InChI is InChI=1S/C10H23NSi/c1-6-9-12(4,5)10-7-8-11(2)3/h6,9H,7-8,10H2,1-5H3. The quantitative estimate of drug-likeness (QED) is 0.595. The SMILES string of the molecule is CC=C[Si](C)(C)CCCN(C)C. The van der Waals surface area contributed by atoms with Gasteiger partial charge in [0.25, 0.3) is 0 Å². The zero-order valence-electron chi connectivity index (χ0n) is 9.22. The lowest BCUT2D eigenvalue weighted by molar-refractivity contribution is 0.408. The van der Waals surface area contributed by atoms with Gasteiger partial charge in [0.1, 0.15) is 0 Å². The average molecular weight is 185 g/mol. The molecule has 0 amide bonds. The minimum absolute atomic E-state index is 0.977. The molecule has 0 spiro atoms. The van der Waals surface area contributed by atoms with Crippen LogP contribution in [0.4, 0.5) is 0 Å². The molecule has 0 N–H and O–H groups in total. The lowest BCUT2D eigenvalue weighted by Gasteiger charge is -2.18. The second kappa shape index (κ2) is 5.54. The van der Waals surface area contributed by atoms with Crippen molar-refractivity contribution >= 4 is 8.07 Å². The van der Waals surface area contributed by atoms with Gasteiger partial charge in [0.05, 0.1) is 8.07 Å². The van der Waals surface area contributed by atoms with E-state index in [1.54, 1.807) is 0 Å². The lowest BCUT2D eigenvalue weighted by Crippen LogP contribution is -2.24. The molecule has 12 heavy (non-hydrogen) atoms. The van der Waals surface area contributed by atoms with Crippen molar-refractivity contribution in [2.24, 2.45) is 0 Å². The number of rotatable bonds is 5. The molecule has 0 saturated carbocycles. The first-order valence-electron chi connectivity index (χ1n) is 4.76. The molecule has 0 radical (unpaired) electrons. The van der Waals surface area contributed by atoms with E-state index < -0.39 is 8.07 Å². The van der Waals surface area contributed by atoms with Crippen molar-refractivity contribution in [2.45, 2.75) is 32.5 Å². The van der Waals surface area contributed by atoms with Crippen LogP contribution in [-0.4, -0.2) is 33.6 Å². The first-order valence-corrected chi connectivity index (χ1v) is 8.05. The second-order valence-electron chi connectivity index (χ2n) is 4.40. The Kier molecular flexibility index (Phi) is 5.50. The van der Waals surface area contributed by atoms with Crippen molar-refractivity contribution in [1.82, 2.24) is 4.90 Å². The fourth-order valence-corrected chi connectivity index (χ4v) is 3.52. The first-order chi connectivity index (χ1) is 5.48. The highest BCUT2D eigenvalue weighted by Gasteiger charge is 2.15. The van der Waals surface area contributed by atoms with E-state index in [1.165, 1.54) is 19.0 Å². The van der Waals surface area contributed by atoms with E-state index in [0.29, 0.717) is 0 Å². The molecule has 0 aliphatic heterocycles. The molecule has 0 unspecified atom stereocenters. The van der Waals surface area contributed by atoms with E-state index in [1.807, 2.05) is 0 Å². The molecule has 0 aliphatic carbocycles. The van der Waals surface area contributed by atoms with E-state index in [2.05, 4.69) is 50.8 Å². The number of hydrogen-bond acceptors (Lipinski definition) is 1. The molecular weight excluding hydrogens is 162 g/mol. The van der Waals surface area contributed by atoms with Gasteiger partial charge in [-0.25, -0.2) is 0 Å². The van der Waals surface area contributed by atoms with E-state index in [0.717, 1.165) is 0 Å². The molecule has 0 aliphatic rings. The molecule has 0 bridgehead atoms. The molecule has 0 rings (SSSR count). The number of allylic oxidation sites excluding steroid dienone is 1. The van der Waals surface area contributed by atoms with Crippen molar-refractivity contribution in [3.63, 3.8) is 0 Å². The van der Waals surface area contributed by atoms with Gasteiger partial charge < -0.3 is 4.90 Å². The van der Waals surface area contributed by atoms with Crippen LogP contribution in [0.15, 0.2) is 11.8 Å². The summed E-state index contributed by atoms with van der Waals surface area (Å²) in [5, 5.41) is 0. The summed E-state index contributed by atoms with van der Waals surface area (Å²) in [6, 6.07) is 1.41. The van der Waals surface area contributed by atoms with Gasteiger partial charge in [-0.3, -0.25) is 0 Å². The van der Waals surface area contributed by atoms with Crippen LogP contribution in [0.1, 0.15) is 13.3 Å². The van der Waals surface area contributed by atoms with Crippen molar-refractivity contribution in [2.75, 3.05) is 20.6 Å². The van der Waals surface area contributed by atoms with Gasteiger partial charge in [0.15, 0.2) is 0 Å². The molecular formula is C10H23NSi. The van der Waals surface area contributed by atoms with Crippen LogP contribution >= 0.6 is 0 Å². The molecule has 1 nitrogen and oxygen atoms in total. The minimum Gasteiger partial charge on any atom is -0.309 e. The summed E-state index contributed by atoms with van der Waals surface area (Å²) in [5.41, 5.74) is 2.43. The molecule has 2 heteroatoms. The highest BCUT2D eigenvalue weighted by Crippen LogP contribution is 2.13. The Bertz CT molecular complexity index is 139. The molecule has 0 atom stereocenters. The van der Waals surface area contributed by atoms with Gasteiger partial charge in [-0.2, -0.15) is 0 Å². The van der Waals surface area contributed by atoms with E-state index in [4.69, 9.17) is 0 Å². The van der Waals surface area contributed by atoms with Gasteiger partial charge >= 0.3 is 0 Å². The highest BCUT2D eigenvalue weighted by molar-refractivity contribution is 6.82. The van der Waals surface area contributed by atoms with Gasteiger partial charge in [-0.15, -0.1) is 0 Å². The Morgan fingerprint density at radius 3 is 2.25 bits per heavy atom. The molecule has 0 aromatic carbocycles. The zero-order chi connectivity index (χ0) is 9.61. The van der Waals surface area contributed by atoms with Crippen LogP contribution in [0.5, 0.6) is 0 Å². The summed E-state index contributed by atoms with van der Waals surface area (Å²) in [5.74, 6) is 0. The summed E-state index contributed by atoms with van der Waals surface area (Å²) in [7, 11) is 3.31. The summed E-state index contributed by atoms with van der Waals surface area (Å²) >= 11 is 0. The first kappa shape index (κ1) is 11.9. The molecule has 0 aromatic heterocycles. The summed E-state index contributed by atoms with van der Waals surface area (Å²) in [6.07, 6.45) is 3.55. The molecule has 0 saturated heterocycles. The van der Waals surface area contributed by atoms with E-state index >= 15 is 0 Å². The third-order valence-corrected chi connectivity index (χ3v) is 4.92. The zero-order valence-corrected chi connectivity index (χ0v) is 10.2. The molecule has 72 valence electrons. The van der Waals surface area contributed by atoms with Gasteiger partial charge in [0, 0.05) is 0 Å². The van der Waals surface area contributed by atoms with Crippen molar-refractivity contribution in [3.05, 3.63) is 11.8 Å². The fourth-order valence-electron chi connectivity index (χ4n) is 1.39. The Morgan fingerprint density at radius 2 is 1.83 bits per heavy atom. The third-order valence-electron chi connectivity index (χ3n) is 2.04. The van der Waals surface area contributed by atoms with Gasteiger partial charge in [-0.05, 0) is 34.0 Å². The monoisotopic (exact) mass is 185 g/mol. The van der Waals surface area contributed by atoms with Crippen LogP contribution in [0.2, 0.25) is 19.1 Å². The minimum atomic E-state index is -0.977. The highest BCUT2D eigenvalue weighted by atomic mass is 28.3. The van der Waals surface area contributed by atoms with Crippen LogP contribution in [0.25, 0.3) is 0 Å². The average Bonchev–Trinajstić information content (AvgIpc) is 1.85. The lowest BCUT2D eigenvalue weighted by atomic mass is 10.5. The fraction of sp³-hybridized carbons (Fsp3) is 0.800. The van der Waals surface area contributed by atoms with Crippen molar-refractivity contribution in [1.29, 1.82) is 0 Å². The smallest absolute Gasteiger partial charge is 0.0713 e. The largest absolute Gasteiger partial charge is 0.309 e. The maximum absolute atomic E-state index is 2.43. The predicted octanol–water partition coefficient (Wildman–Crippen LogP) is 2.76. The van der Waals surface area contributed by atoms with E-state index in [9.17, 15) is 0 Å². The second-order valence-corrected chi connectivity index (χ2v) is 9.21. The molecule has 0 fully saturated rings. The predicted molar refractivity (Wildman–Crippen MR) is 60.3 cm³/mol. The van der Waals surface area contributed by atoms with Crippen LogP contribution in [-0.2, 0) is 0 Å². The maximum Gasteiger partial charge on any atom is 0.0713 e. The van der Waals surface area contributed by atoms with Crippen LogP contribution in [0, 0.1) is 0 Å². The number of nitrogens with zero attached hydrogens (tertiary/aromatic N) is 1. The van der Waals surface area contributed by atoms with Gasteiger partial charge in [0.2, 0.25) is 0 Å². The molecule has 0 aromatic rings. The normalized spacial score (nSPS) is 13.2. The van der Waals surface area contributed by atoms with Crippen LogP contribution < -0.4 is 0 Å². The van der Waals surface area contributed by atoms with Crippen molar-refractivity contribution in [3.8, 4) is 0 Å².